The van der Waals surface area contributed by atoms with E-state index < -0.39 is 0 Å². The van der Waals surface area contributed by atoms with Gasteiger partial charge in [-0.25, -0.2) is 4.98 Å². The van der Waals surface area contributed by atoms with Gasteiger partial charge < -0.3 is 25.3 Å². The number of nitrogens with two attached hydrogens (primary N) is 1. The second kappa shape index (κ2) is 13.3. The van der Waals surface area contributed by atoms with E-state index in [2.05, 4.69) is 19.9 Å². The maximum absolute atomic E-state index is 11.0. The van der Waals surface area contributed by atoms with E-state index in [-0.39, 0.29) is 17.6 Å². The molecule has 1 aliphatic heterocycles. The maximum atomic E-state index is 11.0. The van der Waals surface area contributed by atoms with Crippen LogP contribution in [0.4, 0.5) is 5.95 Å². The first kappa shape index (κ1) is 23.0. The molecule has 3 rings (SSSR count). The molecule has 0 amide bonds. The van der Waals surface area contributed by atoms with Crippen molar-refractivity contribution in [2.75, 3.05) is 26.1 Å². The molecule has 1 unspecified atom stereocenters. The van der Waals surface area contributed by atoms with E-state index in [9.17, 15) is 4.79 Å². The SMILES string of the molecule is CC.CC(C)O.COCC1CCCO1.Nc1nc2nc[nH]c2c(=O)[nH]1. The fraction of sp³-hybridized carbons (Fsp3) is 0.688. The summed E-state index contributed by atoms with van der Waals surface area (Å²) in [6.07, 6.45) is 3.99. The quantitative estimate of drug-likeness (QED) is 0.638. The molecule has 1 aliphatic rings. The molecule has 3 heterocycles. The van der Waals surface area contributed by atoms with Crippen molar-refractivity contribution in [2.45, 2.75) is 52.7 Å². The van der Waals surface area contributed by atoms with E-state index in [4.69, 9.17) is 20.3 Å². The van der Waals surface area contributed by atoms with Gasteiger partial charge in [0.15, 0.2) is 11.2 Å². The number of nitrogen functional groups attached to an aromatic ring is 1. The highest BCUT2D eigenvalue weighted by Gasteiger charge is 2.13. The van der Waals surface area contributed by atoms with Crippen molar-refractivity contribution >= 4 is 17.1 Å². The molecule has 25 heavy (non-hydrogen) atoms. The van der Waals surface area contributed by atoms with Crippen LogP contribution in [0, 0.1) is 0 Å². The molecule has 0 aliphatic carbocycles. The zero-order valence-electron chi connectivity index (χ0n) is 15.7. The van der Waals surface area contributed by atoms with Gasteiger partial charge in [0.2, 0.25) is 5.95 Å². The van der Waals surface area contributed by atoms with E-state index in [0.717, 1.165) is 13.2 Å². The fourth-order valence-electron chi connectivity index (χ4n) is 1.82. The largest absolute Gasteiger partial charge is 0.394 e. The molecule has 0 saturated carbocycles. The average molecular weight is 357 g/mol. The highest BCUT2D eigenvalue weighted by Crippen LogP contribution is 2.11. The number of hydrogen-bond acceptors (Lipinski definition) is 7. The monoisotopic (exact) mass is 357 g/mol. The highest BCUT2D eigenvalue weighted by atomic mass is 16.5. The van der Waals surface area contributed by atoms with Crippen molar-refractivity contribution in [3.8, 4) is 0 Å². The Morgan fingerprint density at radius 1 is 1.48 bits per heavy atom. The number of fused-ring (bicyclic) bond motifs is 1. The van der Waals surface area contributed by atoms with Crippen molar-refractivity contribution in [3.63, 3.8) is 0 Å². The Hall–Kier alpha value is -1.97. The maximum Gasteiger partial charge on any atom is 0.278 e. The van der Waals surface area contributed by atoms with E-state index in [0.29, 0.717) is 17.3 Å². The van der Waals surface area contributed by atoms with E-state index >= 15 is 0 Å². The van der Waals surface area contributed by atoms with Crippen LogP contribution in [0.3, 0.4) is 0 Å². The van der Waals surface area contributed by atoms with Crippen LogP contribution in [-0.4, -0.2) is 57.6 Å². The molecule has 0 bridgehead atoms. The van der Waals surface area contributed by atoms with Crippen LogP contribution in [0.1, 0.15) is 40.5 Å². The number of nitrogens with zero attached hydrogens (tertiary/aromatic N) is 2. The number of methoxy groups -OCH3 is 1. The highest BCUT2D eigenvalue weighted by molar-refractivity contribution is 5.69. The number of anilines is 1. The summed E-state index contributed by atoms with van der Waals surface area (Å²) >= 11 is 0. The van der Waals surface area contributed by atoms with E-state index in [1.54, 1.807) is 21.0 Å². The standard InChI is InChI=1S/C6H12O2.C5H5N5O.C3H8O.C2H6/c1-7-5-6-3-2-4-8-6;6-5-9-3-2(4(11)10-5)7-1-8-3;1-3(2)4;1-2/h6H,2-5H2,1H3;1H,(H4,6,7,8,9,10,11);3-4H,1-2H3;1-2H3. The number of aliphatic hydroxyl groups excluding tert-OH is 1. The summed E-state index contributed by atoms with van der Waals surface area (Å²) in [6.45, 7) is 9.13. The Bertz CT molecular complexity index is 618. The molecule has 1 atom stereocenters. The van der Waals surface area contributed by atoms with Gasteiger partial charge in [-0.05, 0) is 26.7 Å². The van der Waals surface area contributed by atoms with Gasteiger partial charge in [-0.1, -0.05) is 13.8 Å². The Labute approximate surface area is 148 Å². The molecule has 9 heteroatoms. The lowest BCUT2D eigenvalue weighted by atomic mass is 10.2. The normalized spacial score (nSPS) is 15.6. The minimum Gasteiger partial charge on any atom is -0.394 e. The van der Waals surface area contributed by atoms with Gasteiger partial charge in [-0.3, -0.25) is 9.78 Å². The van der Waals surface area contributed by atoms with Crippen LogP contribution < -0.4 is 11.3 Å². The second-order valence-corrected chi connectivity index (χ2v) is 5.24. The summed E-state index contributed by atoms with van der Waals surface area (Å²) < 4.78 is 10.2. The molecule has 9 nitrogen and oxygen atoms in total. The number of aliphatic hydroxyl groups is 1. The van der Waals surface area contributed by atoms with Gasteiger partial charge in [0.05, 0.1) is 19.0 Å². The van der Waals surface area contributed by atoms with Crippen molar-refractivity contribution in [2.24, 2.45) is 0 Å². The zero-order chi connectivity index (χ0) is 19.2. The van der Waals surface area contributed by atoms with E-state index in [1.165, 1.54) is 19.2 Å². The third-order valence-electron chi connectivity index (χ3n) is 2.69. The van der Waals surface area contributed by atoms with Crippen LogP contribution in [-0.2, 0) is 9.47 Å². The number of aromatic amines is 2. The molecule has 0 aromatic carbocycles. The van der Waals surface area contributed by atoms with E-state index in [1.807, 2.05) is 13.8 Å². The lowest BCUT2D eigenvalue weighted by Gasteiger charge is -2.05. The smallest absolute Gasteiger partial charge is 0.278 e. The topological polar surface area (TPSA) is 139 Å². The predicted molar refractivity (Wildman–Crippen MR) is 98.5 cm³/mol. The molecule has 1 fully saturated rings. The summed E-state index contributed by atoms with van der Waals surface area (Å²) in [5.41, 5.74) is 5.65. The van der Waals surface area contributed by atoms with Crippen molar-refractivity contribution in [3.05, 3.63) is 16.7 Å². The third kappa shape index (κ3) is 9.80. The lowest BCUT2D eigenvalue weighted by Crippen LogP contribution is -2.11. The first-order chi connectivity index (χ1) is 11.9. The van der Waals surface area contributed by atoms with Gasteiger partial charge in [-0.15, -0.1) is 0 Å². The van der Waals surface area contributed by atoms with Crippen molar-refractivity contribution < 1.29 is 14.6 Å². The lowest BCUT2D eigenvalue weighted by molar-refractivity contribution is 0.0380. The number of H-pyrrole nitrogens is 2. The zero-order valence-corrected chi connectivity index (χ0v) is 15.7. The van der Waals surface area contributed by atoms with Crippen molar-refractivity contribution in [1.82, 2.24) is 19.9 Å². The molecular weight excluding hydrogens is 326 g/mol. The third-order valence-corrected chi connectivity index (χ3v) is 2.69. The summed E-state index contributed by atoms with van der Waals surface area (Å²) in [5, 5.41) is 8.06. The first-order valence-electron chi connectivity index (χ1n) is 8.41. The van der Waals surface area contributed by atoms with Crippen LogP contribution >= 0.6 is 0 Å². The Kier molecular flexibility index (Phi) is 12.3. The van der Waals surface area contributed by atoms with Crippen LogP contribution in [0.15, 0.2) is 11.1 Å². The fourth-order valence-corrected chi connectivity index (χ4v) is 1.82. The van der Waals surface area contributed by atoms with Gasteiger partial charge in [0.25, 0.3) is 5.56 Å². The summed E-state index contributed by atoms with van der Waals surface area (Å²) in [6, 6.07) is 0. The summed E-state index contributed by atoms with van der Waals surface area (Å²) in [4.78, 5) is 23.5. The molecule has 1 saturated heterocycles. The minimum absolute atomic E-state index is 0.0783. The van der Waals surface area contributed by atoms with Crippen LogP contribution in [0.2, 0.25) is 0 Å². The average Bonchev–Trinajstić information content (AvgIpc) is 3.21. The summed E-state index contributed by atoms with van der Waals surface area (Å²) in [7, 11) is 1.71. The number of ether oxygens (including phenoxy) is 2. The molecule has 2 aromatic rings. The minimum atomic E-state index is -0.301. The van der Waals surface area contributed by atoms with Gasteiger partial charge >= 0.3 is 0 Å². The predicted octanol–water partition coefficient (Wildman–Crippen LogP) is 1.45. The number of nitrogens with one attached hydrogen (secondary N) is 2. The molecule has 0 spiro atoms. The first-order valence-corrected chi connectivity index (χ1v) is 8.41. The Morgan fingerprint density at radius 2 is 2.12 bits per heavy atom. The Balaban J connectivity index is 0.000000363. The molecule has 2 aromatic heterocycles. The molecule has 5 N–H and O–H groups in total. The Morgan fingerprint density at radius 3 is 2.64 bits per heavy atom. The van der Waals surface area contributed by atoms with Crippen LogP contribution in [0.5, 0.6) is 0 Å². The van der Waals surface area contributed by atoms with Crippen LogP contribution in [0.25, 0.3) is 11.2 Å². The molecular formula is C16H31N5O4. The summed E-state index contributed by atoms with van der Waals surface area (Å²) in [5.74, 6) is 0.0783. The van der Waals surface area contributed by atoms with Gasteiger partial charge in [-0.2, -0.15) is 4.98 Å². The molecule has 144 valence electrons. The molecule has 0 radical (unpaired) electrons. The number of rotatable bonds is 2. The van der Waals surface area contributed by atoms with Gasteiger partial charge in [0.1, 0.15) is 0 Å². The number of imidazole rings is 1. The van der Waals surface area contributed by atoms with Gasteiger partial charge in [0, 0.05) is 19.8 Å². The second-order valence-electron chi connectivity index (χ2n) is 5.24. The van der Waals surface area contributed by atoms with Crippen molar-refractivity contribution in [1.29, 1.82) is 0 Å². The number of aromatic nitrogens is 4. The number of hydrogen-bond donors (Lipinski definition) is 4.